The molecule has 98 valence electrons. The van der Waals surface area contributed by atoms with Crippen molar-refractivity contribution in [2.24, 2.45) is 0 Å². The lowest BCUT2D eigenvalue weighted by Gasteiger charge is -2.11. The molecule has 0 radical (unpaired) electrons. The smallest absolute Gasteiger partial charge is 0.244 e. The third-order valence-corrected chi connectivity index (χ3v) is 2.73. The third kappa shape index (κ3) is 4.66. The van der Waals surface area contributed by atoms with E-state index in [2.05, 4.69) is 5.32 Å². The summed E-state index contributed by atoms with van der Waals surface area (Å²) in [5.41, 5.74) is 0.653. The number of amides is 1. The van der Waals surface area contributed by atoms with E-state index in [1.165, 1.54) is 12.2 Å². The van der Waals surface area contributed by atoms with E-state index in [0.29, 0.717) is 15.6 Å². The summed E-state index contributed by atoms with van der Waals surface area (Å²) in [6.07, 6.45) is 2.80. The van der Waals surface area contributed by atoms with Gasteiger partial charge in [-0.1, -0.05) is 29.3 Å². The van der Waals surface area contributed by atoms with Crippen LogP contribution in [0.25, 0.3) is 6.08 Å². The van der Waals surface area contributed by atoms with Gasteiger partial charge in [-0.15, -0.1) is 0 Å². The lowest BCUT2D eigenvalue weighted by atomic mass is 10.2. The van der Waals surface area contributed by atoms with E-state index in [1.807, 2.05) is 0 Å². The van der Waals surface area contributed by atoms with Crippen molar-refractivity contribution in [2.75, 3.05) is 13.2 Å². The molecule has 0 aliphatic rings. The van der Waals surface area contributed by atoms with Crippen LogP contribution in [-0.2, 0) is 4.79 Å². The van der Waals surface area contributed by atoms with E-state index in [-0.39, 0.29) is 13.2 Å². The number of rotatable bonds is 5. The topological polar surface area (TPSA) is 69.6 Å². The van der Waals surface area contributed by atoms with Gasteiger partial charge in [-0.25, -0.2) is 0 Å². The normalized spacial score (nSPS) is 11.2. The minimum Gasteiger partial charge on any atom is -0.394 e. The zero-order chi connectivity index (χ0) is 13.5. The molecular weight excluding hydrogens is 277 g/mol. The largest absolute Gasteiger partial charge is 0.394 e. The molecule has 18 heavy (non-hydrogen) atoms. The molecule has 0 spiro atoms. The maximum Gasteiger partial charge on any atom is 0.244 e. The highest BCUT2D eigenvalue weighted by molar-refractivity contribution is 6.35. The molecule has 0 fully saturated rings. The van der Waals surface area contributed by atoms with Gasteiger partial charge in [0.15, 0.2) is 0 Å². The Bertz CT molecular complexity index is 445. The van der Waals surface area contributed by atoms with Gasteiger partial charge in [0.25, 0.3) is 0 Å². The number of halogens is 2. The van der Waals surface area contributed by atoms with Gasteiger partial charge in [0, 0.05) is 16.1 Å². The molecule has 0 aromatic heterocycles. The fourth-order valence-corrected chi connectivity index (χ4v) is 1.67. The number of aliphatic hydroxyl groups is 2. The number of carbonyl (C=O) groups is 1. The molecular formula is C12H13Cl2NO3. The monoisotopic (exact) mass is 289 g/mol. The Morgan fingerprint density at radius 2 is 2.00 bits per heavy atom. The van der Waals surface area contributed by atoms with E-state index in [4.69, 9.17) is 33.4 Å². The maximum atomic E-state index is 11.4. The first-order valence-electron chi connectivity index (χ1n) is 5.22. The second-order valence-corrected chi connectivity index (χ2v) is 4.41. The quantitative estimate of drug-likeness (QED) is 0.719. The van der Waals surface area contributed by atoms with Crippen molar-refractivity contribution in [3.8, 4) is 0 Å². The summed E-state index contributed by atoms with van der Waals surface area (Å²) < 4.78 is 0. The Balaban J connectivity index is 2.66. The third-order valence-electron chi connectivity index (χ3n) is 2.16. The van der Waals surface area contributed by atoms with E-state index >= 15 is 0 Å². The van der Waals surface area contributed by atoms with Gasteiger partial charge in [0.2, 0.25) is 5.91 Å². The molecule has 6 heteroatoms. The summed E-state index contributed by atoms with van der Waals surface area (Å²) >= 11 is 11.7. The lowest BCUT2D eigenvalue weighted by molar-refractivity contribution is -0.117. The number of hydrogen-bond acceptors (Lipinski definition) is 3. The van der Waals surface area contributed by atoms with Gasteiger partial charge in [-0.3, -0.25) is 4.79 Å². The van der Waals surface area contributed by atoms with E-state index in [1.54, 1.807) is 18.2 Å². The zero-order valence-electron chi connectivity index (χ0n) is 9.44. The molecule has 0 aliphatic carbocycles. The number of nitrogens with one attached hydrogen (secondary N) is 1. The van der Waals surface area contributed by atoms with E-state index in [0.717, 1.165) is 0 Å². The summed E-state index contributed by atoms with van der Waals surface area (Å²) in [5, 5.41) is 21.0. The van der Waals surface area contributed by atoms with Gasteiger partial charge in [-0.2, -0.15) is 0 Å². The number of benzene rings is 1. The van der Waals surface area contributed by atoms with Crippen LogP contribution in [-0.4, -0.2) is 35.4 Å². The van der Waals surface area contributed by atoms with Crippen molar-refractivity contribution >= 4 is 35.2 Å². The first-order chi connectivity index (χ1) is 8.56. The fourth-order valence-electron chi connectivity index (χ4n) is 1.20. The summed E-state index contributed by atoms with van der Waals surface area (Å²) in [6, 6.07) is 4.26. The molecule has 1 amide bonds. The predicted molar refractivity (Wildman–Crippen MR) is 71.6 cm³/mol. The first kappa shape index (κ1) is 15.0. The second kappa shape index (κ2) is 7.38. The summed E-state index contributed by atoms with van der Waals surface area (Å²) in [6.45, 7) is -0.643. The molecule has 0 unspecified atom stereocenters. The first-order valence-corrected chi connectivity index (χ1v) is 5.97. The Morgan fingerprint density at radius 3 is 2.56 bits per heavy atom. The number of hydrogen-bond donors (Lipinski definition) is 3. The van der Waals surface area contributed by atoms with Crippen LogP contribution in [0.2, 0.25) is 10.0 Å². The number of aliphatic hydroxyl groups excluding tert-OH is 2. The Hall–Kier alpha value is -1.07. The Morgan fingerprint density at radius 1 is 1.33 bits per heavy atom. The van der Waals surface area contributed by atoms with Gasteiger partial charge in [0.1, 0.15) is 0 Å². The van der Waals surface area contributed by atoms with Crippen molar-refractivity contribution < 1.29 is 15.0 Å². The van der Waals surface area contributed by atoms with E-state index in [9.17, 15) is 4.79 Å². The van der Waals surface area contributed by atoms with Crippen LogP contribution in [0.15, 0.2) is 24.3 Å². The molecule has 3 N–H and O–H groups in total. The molecule has 0 heterocycles. The van der Waals surface area contributed by atoms with Gasteiger partial charge >= 0.3 is 0 Å². The van der Waals surface area contributed by atoms with Crippen molar-refractivity contribution in [3.63, 3.8) is 0 Å². The maximum absolute atomic E-state index is 11.4. The molecule has 0 saturated heterocycles. The lowest BCUT2D eigenvalue weighted by Crippen LogP contribution is -2.39. The molecule has 1 aromatic carbocycles. The predicted octanol–water partition coefficient (Wildman–Crippen LogP) is 1.48. The van der Waals surface area contributed by atoms with Crippen LogP contribution in [0, 0.1) is 0 Å². The van der Waals surface area contributed by atoms with Crippen LogP contribution >= 0.6 is 23.2 Å². The van der Waals surface area contributed by atoms with Gasteiger partial charge < -0.3 is 15.5 Å². The summed E-state index contributed by atoms with van der Waals surface area (Å²) in [4.78, 5) is 11.4. The highest BCUT2D eigenvalue weighted by atomic mass is 35.5. The van der Waals surface area contributed by atoms with Gasteiger partial charge in [-0.05, 0) is 23.8 Å². The average molecular weight is 290 g/mol. The molecule has 0 bridgehead atoms. The van der Waals surface area contributed by atoms with Crippen LogP contribution in [0.4, 0.5) is 0 Å². The van der Waals surface area contributed by atoms with E-state index < -0.39 is 11.9 Å². The molecule has 0 atom stereocenters. The highest BCUT2D eigenvalue weighted by Gasteiger charge is 2.07. The Labute approximate surface area is 115 Å². The average Bonchev–Trinajstić information content (AvgIpc) is 2.35. The van der Waals surface area contributed by atoms with Crippen LogP contribution in [0.5, 0.6) is 0 Å². The minimum absolute atomic E-state index is 0.322. The fraction of sp³-hybridized carbons (Fsp3) is 0.250. The standard InChI is InChI=1S/C12H13Cl2NO3/c13-9-3-1-8(11(14)5-9)2-4-12(18)15-10(6-16)7-17/h1-5,10,16-17H,6-7H2,(H,15,18). The van der Waals surface area contributed by atoms with Crippen LogP contribution in [0.3, 0.4) is 0 Å². The van der Waals surface area contributed by atoms with Gasteiger partial charge in [0.05, 0.1) is 19.3 Å². The highest BCUT2D eigenvalue weighted by Crippen LogP contribution is 2.21. The molecule has 4 nitrogen and oxygen atoms in total. The van der Waals surface area contributed by atoms with Crippen LogP contribution < -0.4 is 5.32 Å². The van der Waals surface area contributed by atoms with Crippen LogP contribution in [0.1, 0.15) is 5.56 Å². The SMILES string of the molecule is O=C(C=Cc1ccc(Cl)cc1Cl)NC(CO)CO. The minimum atomic E-state index is -0.664. The van der Waals surface area contributed by atoms with Crippen molar-refractivity contribution in [3.05, 3.63) is 39.9 Å². The second-order valence-electron chi connectivity index (χ2n) is 3.57. The molecule has 1 aromatic rings. The molecule has 0 saturated carbocycles. The van der Waals surface area contributed by atoms with Crippen molar-refractivity contribution in [1.82, 2.24) is 5.32 Å². The zero-order valence-corrected chi connectivity index (χ0v) is 10.9. The molecule has 0 aliphatic heterocycles. The molecule has 1 rings (SSSR count). The number of carbonyl (C=O) groups excluding carboxylic acids is 1. The van der Waals surface area contributed by atoms with Crippen molar-refractivity contribution in [2.45, 2.75) is 6.04 Å². The summed E-state index contributed by atoms with van der Waals surface area (Å²) in [7, 11) is 0. The Kier molecular flexibility index (Phi) is 6.15. The summed E-state index contributed by atoms with van der Waals surface area (Å²) in [5.74, 6) is -0.422. The van der Waals surface area contributed by atoms with Crippen molar-refractivity contribution in [1.29, 1.82) is 0 Å².